The van der Waals surface area contributed by atoms with E-state index in [1.807, 2.05) is 72.8 Å². The molecule has 3 amide bonds. The lowest BCUT2D eigenvalue weighted by Gasteiger charge is -2.13. The van der Waals surface area contributed by atoms with Crippen LogP contribution in [0, 0.1) is 0 Å². The number of benzene rings is 2. The maximum atomic E-state index is 12.1. The van der Waals surface area contributed by atoms with Crippen molar-refractivity contribution in [3.05, 3.63) is 77.9 Å². The van der Waals surface area contributed by atoms with Crippen LogP contribution in [0.5, 0.6) is 0 Å². The van der Waals surface area contributed by atoms with Gasteiger partial charge in [-0.15, -0.1) is 0 Å². The molecule has 7 nitrogen and oxygen atoms in total. The fraction of sp³-hybridized carbons (Fsp3) is 0.320. The first-order valence-corrected chi connectivity index (χ1v) is 10.8. The second-order valence-electron chi connectivity index (χ2n) is 7.37. The molecule has 0 aliphatic rings. The third-order valence-corrected chi connectivity index (χ3v) is 4.72. The van der Waals surface area contributed by atoms with Gasteiger partial charge in [-0.2, -0.15) is 0 Å². The molecule has 0 saturated heterocycles. The van der Waals surface area contributed by atoms with Crippen molar-refractivity contribution in [2.45, 2.75) is 44.8 Å². The van der Waals surface area contributed by atoms with Gasteiger partial charge in [0, 0.05) is 13.0 Å². The van der Waals surface area contributed by atoms with Crippen molar-refractivity contribution in [1.29, 1.82) is 0 Å². The minimum atomic E-state index is -0.733. The Bertz CT molecular complexity index is 869. The van der Waals surface area contributed by atoms with E-state index >= 15 is 0 Å². The molecule has 0 spiro atoms. The highest BCUT2D eigenvalue weighted by atomic mass is 16.5. The largest absolute Gasteiger partial charge is 0.445 e. The number of hydrogen-bond donors (Lipinski definition) is 3. The third kappa shape index (κ3) is 10.4. The molecule has 0 heterocycles. The number of hydrogen-bond acceptors (Lipinski definition) is 4. The molecule has 7 heteroatoms. The van der Waals surface area contributed by atoms with Crippen LogP contribution in [0.1, 0.15) is 43.2 Å². The fourth-order valence-electron chi connectivity index (χ4n) is 2.97. The number of amides is 3. The predicted octanol–water partition coefficient (Wildman–Crippen LogP) is 3.55. The van der Waals surface area contributed by atoms with E-state index < -0.39 is 18.0 Å². The van der Waals surface area contributed by atoms with Crippen molar-refractivity contribution < 1.29 is 19.1 Å². The first-order valence-electron chi connectivity index (χ1n) is 10.8. The molecule has 0 aliphatic carbocycles. The normalized spacial score (nSPS) is 11.6. The molecule has 0 radical (unpaired) electrons. The number of rotatable bonds is 13. The zero-order valence-electron chi connectivity index (χ0n) is 18.2. The van der Waals surface area contributed by atoms with E-state index in [0.717, 1.165) is 24.0 Å². The average Bonchev–Trinajstić information content (AvgIpc) is 2.80. The highest BCUT2D eigenvalue weighted by Crippen LogP contribution is 2.05. The van der Waals surface area contributed by atoms with Crippen LogP contribution in [0.2, 0.25) is 0 Å². The van der Waals surface area contributed by atoms with E-state index in [2.05, 4.69) is 10.6 Å². The first kappa shape index (κ1) is 24.7. The highest BCUT2D eigenvalue weighted by Gasteiger charge is 2.16. The lowest BCUT2D eigenvalue weighted by atomic mass is 10.1. The molecule has 0 saturated carbocycles. The summed E-state index contributed by atoms with van der Waals surface area (Å²) in [5.74, 6) is -0.772. The van der Waals surface area contributed by atoms with Gasteiger partial charge in [-0.05, 0) is 30.4 Å². The summed E-state index contributed by atoms with van der Waals surface area (Å²) < 4.78 is 5.14. The average molecular weight is 438 g/mol. The van der Waals surface area contributed by atoms with E-state index in [9.17, 15) is 14.4 Å². The lowest BCUT2D eigenvalue weighted by molar-refractivity contribution is -0.127. The first-order chi connectivity index (χ1) is 15.5. The molecule has 0 fully saturated rings. The second-order valence-corrected chi connectivity index (χ2v) is 7.37. The van der Waals surface area contributed by atoms with Crippen LogP contribution >= 0.6 is 0 Å². The summed E-state index contributed by atoms with van der Waals surface area (Å²) in [6.45, 7) is 0.706. The van der Waals surface area contributed by atoms with Gasteiger partial charge in [0.25, 0.3) is 0 Å². The van der Waals surface area contributed by atoms with Crippen LogP contribution < -0.4 is 16.4 Å². The van der Waals surface area contributed by atoms with Gasteiger partial charge in [0.05, 0.1) is 0 Å². The lowest BCUT2D eigenvalue weighted by Crippen LogP contribution is -2.44. The van der Waals surface area contributed by atoms with Crippen LogP contribution in [0.4, 0.5) is 4.79 Å². The van der Waals surface area contributed by atoms with Crippen molar-refractivity contribution in [3.8, 4) is 0 Å². The van der Waals surface area contributed by atoms with E-state index in [1.54, 1.807) is 0 Å². The Hall–Kier alpha value is -3.61. The van der Waals surface area contributed by atoms with Gasteiger partial charge >= 0.3 is 6.09 Å². The summed E-state index contributed by atoms with van der Waals surface area (Å²) in [5, 5.41) is 5.38. The number of primary amides is 1. The molecule has 0 aliphatic heterocycles. The maximum absolute atomic E-state index is 12.1. The van der Waals surface area contributed by atoms with E-state index in [4.69, 9.17) is 10.5 Å². The molecule has 1 atom stereocenters. The summed E-state index contributed by atoms with van der Waals surface area (Å²) in [6, 6.07) is 18.4. The molecule has 2 aromatic carbocycles. The Morgan fingerprint density at radius 3 is 2.31 bits per heavy atom. The minimum Gasteiger partial charge on any atom is -0.445 e. The zero-order chi connectivity index (χ0) is 23.0. The molecule has 0 aromatic heterocycles. The van der Waals surface area contributed by atoms with Gasteiger partial charge in [-0.3, -0.25) is 9.59 Å². The fourth-order valence-corrected chi connectivity index (χ4v) is 2.97. The van der Waals surface area contributed by atoms with Gasteiger partial charge in [0.15, 0.2) is 0 Å². The Morgan fingerprint density at radius 1 is 0.938 bits per heavy atom. The molecule has 170 valence electrons. The Balaban J connectivity index is 1.55. The van der Waals surface area contributed by atoms with Crippen LogP contribution in [0.3, 0.4) is 0 Å². The smallest absolute Gasteiger partial charge is 0.407 e. The Labute approximate surface area is 189 Å². The second kappa shape index (κ2) is 14.4. The quantitative estimate of drug-likeness (QED) is 0.416. The number of unbranched alkanes of at least 4 members (excludes halogenated alkanes) is 2. The Morgan fingerprint density at radius 2 is 1.62 bits per heavy atom. The summed E-state index contributed by atoms with van der Waals surface area (Å²) in [4.78, 5) is 35.4. The standard InChI is InChI=1S/C25H31N3O4/c26-24(30)22(16-10-15-20-11-4-1-5-12-20)28-23(29)17-8-3-9-18-27-25(31)32-19-21-13-6-2-7-14-21/h1-2,4-7,10-15,22H,3,8-9,16-19H2,(H2,26,30)(H,27,31)(H,28,29)/b15-10+/t22-/m0/s1. The third-order valence-electron chi connectivity index (χ3n) is 4.72. The number of ether oxygens (including phenoxy) is 1. The van der Waals surface area contributed by atoms with Gasteiger partial charge in [-0.25, -0.2) is 4.79 Å². The number of carbonyl (C=O) groups excluding carboxylic acids is 3. The molecule has 4 N–H and O–H groups in total. The van der Waals surface area contributed by atoms with Gasteiger partial charge in [-0.1, -0.05) is 79.2 Å². The topological polar surface area (TPSA) is 111 Å². The Kier molecular flexibility index (Phi) is 11.1. The van der Waals surface area contributed by atoms with Crippen molar-refractivity contribution in [1.82, 2.24) is 10.6 Å². The van der Waals surface area contributed by atoms with Crippen molar-refractivity contribution in [2.75, 3.05) is 6.54 Å². The molecule has 2 rings (SSSR count). The monoisotopic (exact) mass is 437 g/mol. The van der Waals surface area contributed by atoms with Crippen LogP contribution in [-0.4, -0.2) is 30.5 Å². The van der Waals surface area contributed by atoms with Crippen LogP contribution in [-0.2, 0) is 20.9 Å². The van der Waals surface area contributed by atoms with E-state index in [1.165, 1.54) is 0 Å². The van der Waals surface area contributed by atoms with Gasteiger partial charge < -0.3 is 21.1 Å². The van der Waals surface area contributed by atoms with Crippen molar-refractivity contribution >= 4 is 24.0 Å². The number of nitrogens with one attached hydrogen (secondary N) is 2. The predicted molar refractivity (Wildman–Crippen MR) is 124 cm³/mol. The van der Waals surface area contributed by atoms with Crippen LogP contribution in [0.25, 0.3) is 6.08 Å². The number of nitrogens with two attached hydrogens (primary N) is 1. The minimum absolute atomic E-state index is 0.211. The highest BCUT2D eigenvalue weighted by molar-refractivity contribution is 5.86. The number of alkyl carbamates (subject to hydrolysis) is 1. The molecule has 2 aromatic rings. The summed E-state index contributed by atoms with van der Waals surface area (Å²) in [5.41, 5.74) is 7.35. The summed E-state index contributed by atoms with van der Waals surface area (Å²) >= 11 is 0. The molecule has 0 unspecified atom stereocenters. The van der Waals surface area contributed by atoms with Gasteiger partial charge in [0.1, 0.15) is 12.6 Å². The summed E-state index contributed by atoms with van der Waals surface area (Å²) in [6.07, 6.45) is 6.04. The van der Waals surface area contributed by atoms with Crippen molar-refractivity contribution in [2.24, 2.45) is 5.73 Å². The van der Waals surface area contributed by atoms with Crippen molar-refractivity contribution in [3.63, 3.8) is 0 Å². The molecular weight excluding hydrogens is 406 g/mol. The maximum Gasteiger partial charge on any atom is 0.407 e. The van der Waals surface area contributed by atoms with E-state index in [0.29, 0.717) is 25.8 Å². The SMILES string of the molecule is NC(=O)[C@H](C/C=C/c1ccccc1)NC(=O)CCCCCNC(=O)OCc1ccccc1. The molecule has 0 bridgehead atoms. The molecule has 32 heavy (non-hydrogen) atoms. The summed E-state index contributed by atoms with van der Waals surface area (Å²) in [7, 11) is 0. The number of carbonyl (C=O) groups is 3. The zero-order valence-corrected chi connectivity index (χ0v) is 18.2. The molecular formula is C25H31N3O4. The van der Waals surface area contributed by atoms with Gasteiger partial charge in [0.2, 0.25) is 11.8 Å². The van der Waals surface area contributed by atoms with E-state index in [-0.39, 0.29) is 12.5 Å². The van der Waals surface area contributed by atoms with Crippen LogP contribution in [0.15, 0.2) is 66.7 Å².